The quantitative estimate of drug-likeness (QED) is 0.661. The standard InChI is InChI=1S/C22H26N4O/c1-2-3-4-19-14-24-21(18-6-5-17-7-10-23-20(17)13-18)22(25-19)26-11-8-16(15-27)9-12-26/h5-7,10,13-16,23H,2-4,8-9,11-12H2,1H3. The van der Waals surface area contributed by atoms with Crippen molar-refractivity contribution in [2.24, 2.45) is 5.92 Å². The van der Waals surface area contributed by atoms with E-state index in [2.05, 4.69) is 41.1 Å². The largest absolute Gasteiger partial charge is 0.361 e. The van der Waals surface area contributed by atoms with Crippen LogP contribution in [-0.2, 0) is 11.2 Å². The number of anilines is 1. The second kappa shape index (κ2) is 7.91. The van der Waals surface area contributed by atoms with Crippen molar-refractivity contribution < 1.29 is 4.79 Å². The molecule has 5 heteroatoms. The molecular weight excluding hydrogens is 336 g/mol. The molecule has 140 valence electrons. The van der Waals surface area contributed by atoms with Gasteiger partial charge in [0.2, 0.25) is 0 Å². The molecule has 0 saturated carbocycles. The highest BCUT2D eigenvalue weighted by Gasteiger charge is 2.23. The SMILES string of the molecule is CCCCc1cnc(-c2ccc3cc[nH]c3c2)c(N2CCC(C=O)CC2)n1. The van der Waals surface area contributed by atoms with Crippen molar-refractivity contribution in [3.8, 4) is 11.3 Å². The number of piperidine rings is 1. The summed E-state index contributed by atoms with van der Waals surface area (Å²) in [6.07, 6.45) is 9.98. The van der Waals surface area contributed by atoms with Gasteiger partial charge in [-0.15, -0.1) is 0 Å². The van der Waals surface area contributed by atoms with Crippen molar-refractivity contribution in [1.29, 1.82) is 0 Å². The molecule has 0 atom stereocenters. The van der Waals surface area contributed by atoms with E-state index in [0.717, 1.165) is 79.8 Å². The molecule has 3 heterocycles. The number of aryl methyl sites for hydroxylation is 1. The number of unbranched alkanes of at least 4 members (excludes halogenated alkanes) is 1. The molecule has 4 rings (SSSR count). The number of rotatable bonds is 6. The summed E-state index contributed by atoms with van der Waals surface area (Å²) in [6.45, 7) is 3.90. The first kappa shape index (κ1) is 17.7. The smallest absolute Gasteiger partial charge is 0.155 e. The summed E-state index contributed by atoms with van der Waals surface area (Å²) in [5.41, 5.74) is 4.16. The molecule has 1 aromatic carbocycles. The van der Waals surface area contributed by atoms with Gasteiger partial charge in [-0.1, -0.05) is 25.5 Å². The summed E-state index contributed by atoms with van der Waals surface area (Å²) in [5, 5.41) is 1.19. The molecule has 0 radical (unpaired) electrons. The Kier molecular flexibility index (Phi) is 5.19. The van der Waals surface area contributed by atoms with Gasteiger partial charge in [0.25, 0.3) is 0 Å². The Hall–Kier alpha value is -2.69. The van der Waals surface area contributed by atoms with E-state index in [1.807, 2.05) is 12.4 Å². The van der Waals surface area contributed by atoms with Crippen molar-refractivity contribution in [2.45, 2.75) is 39.0 Å². The van der Waals surface area contributed by atoms with Gasteiger partial charge in [0.05, 0.1) is 5.69 Å². The number of benzene rings is 1. The summed E-state index contributed by atoms with van der Waals surface area (Å²) in [7, 11) is 0. The number of hydrogen-bond donors (Lipinski definition) is 1. The molecule has 5 nitrogen and oxygen atoms in total. The van der Waals surface area contributed by atoms with Crippen LogP contribution in [0.2, 0.25) is 0 Å². The topological polar surface area (TPSA) is 61.9 Å². The van der Waals surface area contributed by atoms with Crippen LogP contribution in [-0.4, -0.2) is 34.3 Å². The number of fused-ring (bicyclic) bond motifs is 1. The zero-order valence-corrected chi connectivity index (χ0v) is 15.8. The van der Waals surface area contributed by atoms with Gasteiger partial charge < -0.3 is 14.7 Å². The lowest BCUT2D eigenvalue weighted by Crippen LogP contribution is -2.35. The van der Waals surface area contributed by atoms with Gasteiger partial charge in [0, 0.05) is 42.5 Å². The third kappa shape index (κ3) is 3.72. The predicted molar refractivity (Wildman–Crippen MR) is 109 cm³/mol. The highest BCUT2D eigenvalue weighted by Crippen LogP contribution is 2.32. The molecule has 1 saturated heterocycles. The fourth-order valence-corrected chi connectivity index (χ4v) is 3.76. The van der Waals surface area contributed by atoms with Gasteiger partial charge in [-0.25, -0.2) is 4.98 Å². The van der Waals surface area contributed by atoms with E-state index >= 15 is 0 Å². The second-order valence-electron chi connectivity index (χ2n) is 7.38. The lowest BCUT2D eigenvalue weighted by molar-refractivity contribution is -0.111. The van der Waals surface area contributed by atoms with Crippen molar-refractivity contribution in [2.75, 3.05) is 18.0 Å². The molecule has 1 aliphatic heterocycles. The van der Waals surface area contributed by atoms with Gasteiger partial charge >= 0.3 is 0 Å². The number of carbonyl (C=O) groups is 1. The Bertz CT molecular complexity index is 925. The van der Waals surface area contributed by atoms with Crippen molar-refractivity contribution in [3.63, 3.8) is 0 Å². The van der Waals surface area contributed by atoms with Crippen LogP contribution in [0.15, 0.2) is 36.7 Å². The Morgan fingerprint density at radius 3 is 2.89 bits per heavy atom. The molecule has 0 bridgehead atoms. The minimum atomic E-state index is 0.177. The molecule has 0 spiro atoms. The van der Waals surface area contributed by atoms with Crippen molar-refractivity contribution in [1.82, 2.24) is 15.0 Å². The Labute approximate surface area is 159 Å². The van der Waals surface area contributed by atoms with Crippen LogP contribution in [0.25, 0.3) is 22.2 Å². The maximum atomic E-state index is 11.1. The van der Waals surface area contributed by atoms with Crippen LogP contribution in [0, 0.1) is 5.92 Å². The highest BCUT2D eigenvalue weighted by atomic mass is 16.1. The van der Waals surface area contributed by atoms with Gasteiger partial charge in [-0.3, -0.25) is 4.98 Å². The van der Waals surface area contributed by atoms with Crippen molar-refractivity contribution in [3.05, 3.63) is 42.4 Å². The first-order chi connectivity index (χ1) is 13.3. The molecule has 0 aliphatic carbocycles. The van der Waals surface area contributed by atoms with Crippen LogP contribution in [0.3, 0.4) is 0 Å². The number of aromatic nitrogens is 3. The summed E-state index contributed by atoms with van der Waals surface area (Å²) < 4.78 is 0. The molecule has 0 amide bonds. The zero-order valence-electron chi connectivity index (χ0n) is 15.8. The van der Waals surface area contributed by atoms with E-state index in [1.54, 1.807) is 0 Å². The maximum Gasteiger partial charge on any atom is 0.155 e. The van der Waals surface area contributed by atoms with Crippen LogP contribution in [0.1, 0.15) is 38.3 Å². The second-order valence-corrected chi connectivity index (χ2v) is 7.38. The van der Waals surface area contributed by atoms with Crippen LogP contribution in [0.4, 0.5) is 5.82 Å². The monoisotopic (exact) mass is 362 g/mol. The Morgan fingerprint density at radius 2 is 2.11 bits per heavy atom. The molecule has 2 aromatic heterocycles. The van der Waals surface area contributed by atoms with Gasteiger partial charge in [-0.05, 0) is 43.2 Å². The van der Waals surface area contributed by atoms with E-state index in [9.17, 15) is 4.79 Å². The Balaban J connectivity index is 1.71. The average molecular weight is 362 g/mol. The third-order valence-electron chi connectivity index (χ3n) is 5.45. The average Bonchev–Trinajstić information content (AvgIpc) is 3.20. The highest BCUT2D eigenvalue weighted by molar-refractivity contribution is 5.86. The number of aromatic amines is 1. The summed E-state index contributed by atoms with van der Waals surface area (Å²) >= 11 is 0. The van der Waals surface area contributed by atoms with E-state index in [0.29, 0.717) is 0 Å². The van der Waals surface area contributed by atoms with Gasteiger partial charge in [-0.2, -0.15) is 0 Å². The number of nitrogens with zero attached hydrogens (tertiary/aromatic N) is 3. The van der Waals surface area contributed by atoms with Crippen molar-refractivity contribution >= 4 is 23.0 Å². The van der Waals surface area contributed by atoms with E-state index < -0.39 is 0 Å². The third-order valence-corrected chi connectivity index (χ3v) is 5.45. The zero-order chi connectivity index (χ0) is 18.6. The van der Waals surface area contributed by atoms with E-state index in [-0.39, 0.29) is 5.92 Å². The van der Waals surface area contributed by atoms with E-state index in [4.69, 9.17) is 9.97 Å². The van der Waals surface area contributed by atoms with Crippen LogP contribution < -0.4 is 4.90 Å². The number of nitrogens with one attached hydrogen (secondary N) is 1. The first-order valence-electron chi connectivity index (χ1n) is 9.92. The summed E-state index contributed by atoms with van der Waals surface area (Å²) in [5.74, 6) is 1.13. The molecule has 1 fully saturated rings. The fourth-order valence-electron chi connectivity index (χ4n) is 3.76. The molecule has 27 heavy (non-hydrogen) atoms. The molecule has 0 unspecified atom stereocenters. The molecule has 3 aromatic rings. The maximum absolute atomic E-state index is 11.1. The lowest BCUT2D eigenvalue weighted by atomic mass is 9.98. The number of aldehydes is 1. The molecular formula is C22H26N4O. The number of carbonyl (C=O) groups excluding carboxylic acids is 1. The van der Waals surface area contributed by atoms with Crippen LogP contribution in [0.5, 0.6) is 0 Å². The van der Waals surface area contributed by atoms with Crippen LogP contribution >= 0.6 is 0 Å². The van der Waals surface area contributed by atoms with Gasteiger partial charge in [0.15, 0.2) is 5.82 Å². The minimum Gasteiger partial charge on any atom is -0.361 e. The first-order valence-corrected chi connectivity index (χ1v) is 9.92. The number of H-pyrrole nitrogens is 1. The summed E-state index contributed by atoms with van der Waals surface area (Å²) in [6, 6.07) is 8.46. The lowest BCUT2D eigenvalue weighted by Gasteiger charge is -2.31. The normalized spacial score (nSPS) is 15.4. The summed E-state index contributed by atoms with van der Waals surface area (Å²) in [4.78, 5) is 26.5. The Morgan fingerprint density at radius 1 is 1.26 bits per heavy atom. The minimum absolute atomic E-state index is 0.177. The number of hydrogen-bond acceptors (Lipinski definition) is 4. The van der Waals surface area contributed by atoms with E-state index in [1.165, 1.54) is 5.39 Å². The molecule has 1 N–H and O–H groups in total. The van der Waals surface area contributed by atoms with Gasteiger partial charge in [0.1, 0.15) is 12.0 Å². The fraction of sp³-hybridized carbons (Fsp3) is 0.409. The molecule has 1 aliphatic rings. The predicted octanol–water partition coefficient (Wildman–Crippen LogP) is 4.38.